The summed E-state index contributed by atoms with van der Waals surface area (Å²) in [4.78, 5) is 84.8. The average molecular weight is 617 g/mol. The van der Waals surface area contributed by atoms with Crippen molar-refractivity contribution in [2.24, 2.45) is 34.5 Å². The van der Waals surface area contributed by atoms with Crippen molar-refractivity contribution in [3.8, 4) is 0 Å². The molecule has 0 aromatic carbocycles. The Labute approximate surface area is 256 Å². The van der Waals surface area contributed by atoms with Crippen LogP contribution in [0.2, 0.25) is 0 Å². The number of aromatic nitrogens is 1. The molecule has 2 aliphatic carbocycles. The quantitative estimate of drug-likeness (QED) is 0.217. The molecule has 43 heavy (non-hydrogen) atoms. The molecule has 1 unspecified atom stereocenters. The Morgan fingerprint density at radius 3 is 2.21 bits per heavy atom. The zero-order chi connectivity index (χ0) is 32.0. The number of Topliss-reactive ketones (excluding diaryl/α,β-unsaturated/α-hetero) is 2. The zero-order valence-corrected chi connectivity index (χ0v) is 27.0. The molecule has 236 valence electrons. The Hall–Kier alpha value is -3.35. The average Bonchev–Trinajstić information content (AvgIpc) is 3.66. The fraction of sp³-hybridized carbons (Fsp3) is 0.700. The van der Waals surface area contributed by atoms with Gasteiger partial charge in [0.1, 0.15) is 18.1 Å². The minimum atomic E-state index is -1.02. The first-order valence-corrected chi connectivity index (χ1v) is 15.8. The lowest BCUT2D eigenvalue weighted by Gasteiger charge is -2.38. The van der Waals surface area contributed by atoms with Crippen LogP contribution in [0.5, 0.6) is 0 Å². The van der Waals surface area contributed by atoms with Crippen LogP contribution in [0.1, 0.15) is 71.1 Å². The highest BCUT2D eigenvalue weighted by Crippen LogP contribution is 2.65. The Balaban J connectivity index is 1.53. The Bertz CT molecular complexity index is 1280. The summed E-state index contributed by atoms with van der Waals surface area (Å²) in [7, 11) is 1.37. The smallest absolute Gasteiger partial charge is 0.316 e. The molecule has 0 spiro atoms. The Morgan fingerprint density at radius 1 is 1.05 bits per heavy atom. The molecule has 0 bridgehead atoms. The van der Waals surface area contributed by atoms with Crippen molar-refractivity contribution >= 4 is 46.7 Å². The predicted octanol–water partition coefficient (Wildman–Crippen LogP) is 1.76. The number of fused-ring (bicyclic) bond motifs is 1. The van der Waals surface area contributed by atoms with E-state index in [4.69, 9.17) is 0 Å². The topological polar surface area (TPSA) is 167 Å². The van der Waals surface area contributed by atoms with E-state index in [-0.39, 0.29) is 39.9 Å². The molecule has 1 aromatic rings. The third kappa shape index (κ3) is 6.61. The first-order chi connectivity index (χ1) is 20.0. The molecule has 1 aliphatic heterocycles. The molecule has 13 heteroatoms. The normalized spacial score (nSPS) is 24.3. The van der Waals surface area contributed by atoms with Gasteiger partial charge >= 0.3 is 6.03 Å². The van der Waals surface area contributed by atoms with E-state index in [1.54, 1.807) is 5.38 Å². The SMILES string of the molecule is CNC(=O)C(=O)C(NC(=O)[C@@H]1[C@@H]2[C@H](CN1C(=O)[C@@H](NC(=O)N[C@H](C(=O)c1nccs1)C(C)C)C(C)(C)C)C2(C)C)C1CC1. The molecule has 5 amide bonds. The maximum atomic E-state index is 14.2. The third-order valence-corrected chi connectivity index (χ3v) is 9.94. The number of nitrogens with zero attached hydrogens (tertiary/aromatic N) is 2. The fourth-order valence-electron chi connectivity index (χ4n) is 6.28. The molecule has 1 saturated heterocycles. The predicted molar refractivity (Wildman–Crippen MR) is 160 cm³/mol. The number of ketones is 2. The van der Waals surface area contributed by atoms with E-state index in [0.29, 0.717) is 6.54 Å². The largest absolute Gasteiger partial charge is 0.353 e. The van der Waals surface area contributed by atoms with Crippen LogP contribution in [0, 0.1) is 34.5 Å². The molecule has 3 fully saturated rings. The molecule has 4 rings (SSSR count). The maximum Gasteiger partial charge on any atom is 0.316 e. The zero-order valence-electron chi connectivity index (χ0n) is 26.1. The maximum absolute atomic E-state index is 14.2. The number of nitrogens with one attached hydrogen (secondary N) is 4. The molecule has 12 nitrogen and oxygen atoms in total. The van der Waals surface area contributed by atoms with Gasteiger partial charge in [0.25, 0.3) is 5.91 Å². The van der Waals surface area contributed by atoms with Gasteiger partial charge in [-0.2, -0.15) is 0 Å². The first-order valence-electron chi connectivity index (χ1n) is 14.9. The van der Waals surface area contributed by atoms with Crippen LogP contribution in [0.15, 0.2) is 11.6 Å². The van der Waals surface area contributed by atoms with E-state index >= 15 is 0 Å². The summed E-state index contributed by atoms with van der Waals surface area (Å²) >= 11 is 1.19. The van der Waals surface area contributed by atoms with Crippen molar-refractivity contribution in [1.29, 1.82) is 0 Å². The molecular weight excluding hydrogens is 572 g/mol. The highest BCUT2D eigenvalue weighted by molar-refractivity contribution is 7.11. The molecular formula is C30H44N6O6S. The summed E-state index contributed by atoms with van der Waals surface area (Å²) in [6.07, 6.45) is 2.98. The van der Waals surface area contributed by atoms with Gasteiger partial charge in [0.05, 0.1) is 6.04 Å². The molecule has 0 radical (unpaired) electrons. The Morgan fingerprint density at radius 2 is 1.70 bits per heavy atom. The minimum Gasteiger partial charge on any atom is -0.353 e. The number of likely N-dealkylation sites (tertiary alicyclic amines) is 1. The van der Waals surface area contributed by atoms with Gasteiger partial charge in [-0.15, -0.1) is 11.3 Å². The van der Waals surface area contributed by atoms with E-state index in [1.807, 2.05) is 34.6 Å². The lowest BCUT2D eigenvalue weighted by Crippen LogP contribution is -2.62. The van der Waals surface area contributed by atoms with Crippen molar-refractivity contribution in [3.05, 3.63) is 16.6 Å². The number of piperidine rings is 1. The van der Waals surface area contributed by atoms with Crippen molar-refractivity contribution in [1.82, 2.24) is 31.2 Å². The molecule has 6 atom stereocenters. The fourth-order valence-corrected chi connectivity index (χ4v) is 6.90. The molecule has 1 aromatic heterocycles. The number of amides is 5. The number of hydrogen-bond acceptors (Lipinski definition) is 8. The van der Waals surface area contributed by atoms with Crippen LogP contribution in [0.3, 0.4) is 0 Å². The van der Waals surface area contributed by atoms with Crippen molar-refractivity contribution < 1.29 is 28.8 Å². The van der Waals surface area contributed by atoms with Gasteiger partial charge in [0, 0.05) is 25.2 Å². The number of urea groups is 1. The van der Waals surface area contributed by atoms with Crippen LogP contribution in [-0.2, 0) is 19.2 Å². The van der Waals surface area contributed by atoms with Crippen molar-refractivity contribution in [2.45, 2.75) is 85.5 Å². The lowest BCUT2D eigenvalue weighted by atomic mass is 9.85. The second kappa shape index (κ2) is 12.0. The van der Waals surface area contributed by atoms with Gasteiger partial charge in [-0.3, -0.25) is 24.0 Å². The summed E-state index contributed by atoms with van der Waals surface area (Å²) in [5.74, 6) is -3.05. The standard InChI is InChI=1S/C30H44N6O6S/c1-14(2)18(22(38)26-32-11-12-43-26)34-28(42)35-23(29(3,4)5)27(41)36-13-16-17(30(16,6)7)20(36)24(39)33-19(15-9-10-15)21(37)25(40)31-8/h11-12,14-20,23H,9-10,13H2,1-8H3,(H,31,40)(H,33,39)(H2,34,35,42)/t16-,17-,18-,19?,20-,23+/m0/s1. The molecule has 2 saturated carbocycles. The van der Waals surface area contributed by atoms with Crippen LogP contribution in [0.4, 0.5) is 4.79 Å². The summed E-state index contributed by atoms with van der Waals surface area (Å²) in [5, 5.41) is 12.6. The first kappa shape index (κ1) is 32.6. The van der Waals surface area contributed by atoms with Crippen LogP contribution in [0.25, 0.3) is 0 Å². The number of thiazole rings is 1. The highest BCUT2D eigenvalue weighted by atomic mass is 32.1. The van der Waals surface area contributed by atoms with Gasteiger partial charge < -0.3 is 26.2 Å². The Kier molecular flexibility index (Phi) is 9.07. The second-order valence-corrected chi connectivity index (χ2v) is 14.9. The minimum absolute atomic E-state index is 0.0805. The van der Waals surface area contributed by atoms with Crippen LogP contribution in [-0.4, -0.2) is 83.0 Å². The van der Waals surface area contributed by atoms with Crippen molar-refractivity contribution in [2.75, 3.05) is 13.6 Å². The van der Waals surface area contributed by atoms with E-state index in [1.165, 1.54) is 29.5 Å². The van der Waals surface area contributed by atoms with Crippen LogP contribution >= 0.6 is 11.3 Å². The highest BCUT2D eigenvalue weighted by Gasteiger charge is 2.70. The molecule has 2 heterocycles. The van der Waals surface area contributed by atoms with Gasteiger partial charge in [-0.25, -0.2) is 9.78 Å². The summed E-state index contributed by atoms with van der Waals surface area (Å²) in [6, 6.07) is -4.34. The van der Waals surface area contributed by atoms with Crippen LogP contribution < -0.4 is 21.3 Å². The van der Waals surface area contributed by atoms with Gasteiger partial charge in [0.2, 0.25) is 23.4 Å². The third-order valence-electron chi connectivity index (χ3n) is 9.15. The number of carbonyl (C=O) groups excluding carboxylic acids is 6. The lowest BCUT2D eigenvalue weighted by molar-refractivity contribution is -0.145. The van der Waals surface area contributed by atoms with E-state index < -0.39 is 59.1 Å². The number of hydrogen-bond donors (Lipinski definition) is 4. The second-order valence-electron chi connectivity index (χ2n) is 14.0. The monoisotopic (exact) mass is 616 g/mol. The van der Waals surface area contributed by atoms with Gasteiger partial charge in [-0.05, 0) is 47.3 Å². The number of carbonyl (C=O) groups is 6. The van der Waals surface area contributed by atoms with Crippen molar-refractivity contribution in [3.63, 3.8) is 0 Å². The van der Waals surface area contributed by atoms with E-state index in [0.717, 1.165) is 12.8 Å². The summed E-state index contributed by atoms with van der Waals surface area (Å²) in [6.45, 7) is 13.5. The van der Waals surface area contributed by atoms with E-state index in [2.05, 4.69) is 40.1 Å². The summed E-state index contributed by atoms with van der Waals surface area (Å²) in [5.41, 5.74) is -0.919. The summed E-state index contributed by atoms with van der Waals surface area (Å²) < 4.78 is 0. The molecule has 3 aliphatic rings. The van der Waals surface area contributed by atoms with Gasteiger partial charge in [0.15, 0.2) is 5.01 Å². The van der Waals surface area contributed by atoms with Gasteiger partial charge in [-0.1, -0.05) is 48.5 Å². The molecule has 4 N–H and O–H groups in total. The van der Waals surface area contributed by atoms with E-state index in [9.17, 15) is 28.8 Å². The number of rotatable bonds is 11. The number of likely N-dealkylation sites (N-methyl/N-ethyl adjacent to an activating group) is 1.